The molecule has 3 aromatic rings. The maximum Gasteiger partial charge on any atom is 0.273 e. The van der Waals surface area contributed by atoms with E-state index in [1.165, 1.54) is 21.8 Å². The van der Waals surface area contributed by atoms with Gasteiger partial charge in [-0.15, -0.1) is 16.9 Å². The number of thioether (sulfide) groups is 1. The molecule has 0 fully saturated rings. The molecule has 2 aromatic carbocycles. The zero-order chi connectivity index (χ0) is 17.8. The summed E-state index contributed by atoms with van der Waals surface area (Å²) in [6, 6.07) is 12.6. The monoisotopic (exact) mass is 356 g/mol. The summed E-state index contributed by atoms with van der Waals surface area (Å²) in [6.45, 7) is 2.09. The standard InChI is InChI=1S/C18H17FN4OS/c1-12-9-14(5-8-16(12)19)23-11-17(21-22-23)18(24)20-10-13-3-6-15(25-2)7-4-13/h3-9,11H,10H2,1-2H3,(H,20,24). The van der Waals surface area contributed by atoms with E-state index in [-0.39, 0.29) is 17.4 Å². The number of carbonyl (C=O) groups excluding carboxylic acids is 1. The molecule has 0 aliphatic rings. The van der Waals surface area contributed by atoms with Gasteiger partial charge in [0.15, 0.2) is 5.69 Å². The molecule has 1 N–H and O–H groups in total. The first-order valence-corrected chi connectivity index (χ1v) is 8.89. The van der Waals surface area contributed by atoms with Gasteiger partial charge in [-0.3, -0.25) is 4.79 Å². The van der Waals surface area contributed by atoms with Crippen LogP contribution in [0.2, 0.25) is 0 Å². The minimum absolute atomic E-state index is 0.211. The van der Waals surface area contributed by atoms with Crippen molar-refractivity contribution in [3.8, 4) is 5.69 Å². The summed E-state index contributed by atoms with van der Waals surface area (Å²) >= 11 is 1.67. The lowest BCUT2D eigenvalue weighted by atomic mass is 10.2. The van der Waals surface area contributed by atoms with Crippen LogP contribution in [-0.4, -0.2) is 27.2 Å². The molecule has 3 rings (SSSR count). The average molecular weight is 356 g/mol. The maximum atomic E-state index is 13.3. The van der Waals surface area contributed by atoms with E-state index in [4.69, 9.17) is 0 Å². The van der Waals surface area contributed by atoms with Crippen LogP contribution in [-0.2, 0) is 6.54 Å². The minimum atomic E-state index is -0.306. The van der Waals surface area contributed by atoms with Crippen molar-refractivity contribution in [2.75, 3.05) is 6.26 Å². The Bertz CT molecular complexity index is 892. The molecule has 1 amide bonds. The van der Waals surface area contributed by atoms with Crippen LogP contribution in [0.4, 0.5) is 4.39 Å². The molecule has 25 heavy (non-hydrogen) atoms. The van der Waals surface area contributed by atoms with Gasteiger partial charge in [0.1, 0.15) is 5.82 Å². The maximum absolute atomic E-state index is 13.3. The molecular weight excluding hydrogens is 339 g/mol. The summed E-state index contributed by atoms with van der Waals surface area (Å²) in [7, 11) is 0. The van der Waals surface area contributed by atoms with E-state index in [9.17, 15) is 9.18 Å². The normalized spacial score (nSPS) is 10.7. The van der Waals surface area contributed by atoms with Crippen LogP contribution in [0.15, 0.2) is 53.6 Å². The number of nitrogens with one attached hydrogen (secondary N) is 1. The second kappa shape index (κ2) is 7.48. The number of aromatic nitrogens is 3. The van der Waals surface area contributed by atoms with Gasteiger partial charge in [-0.25, -0.2) is 9.07 Å². The van der Waals surface area contributed by atoms with Gasteiger partial charge >= 0.3 is 0 Å². The lowest BCUT2D eigenvalue weighted by molar-refractivity contribution is 0.0946. The summed E-state index contributed by atoms with van der Waals surface area (Å²) in [5.74, 6) is -0.589. The summed E-state index contributed by atoms with van der Waals surface area (Å²) < 4.78 is 14.8. The van der Waals surface area contributed by atoms with Crippen molar-refractivity contribution in [1.82, 2.24) is 20.3 Å². The predicted octanol–water partition coefficient (Wildman–Crippen LogP) is 3.37. The molecule has 1 heterocycles. The summed E-state index contributed by atoms with van der Waals surface area (Å²) in [5, 5.41) is 10.6. The third-order valence-electron chi connectivity index (χ3n) is 3.74. The number of halogens is 1. The number of carbonyl (C=O) groups is 1. The van der Waals surface area contributed by atoms with Crippen molar-refractivity contribution in [1.29, 1.82) is 0 Å². The number of aryl methyl sites for hydroxylation is 1. The zero-order valence-corrected chi connectivity index (χ0v) is 14.7. The number of benzene rings is 2. The largest absolute Gasteiger partial charge is 0.347 e. The van der Waals surface area contributed by atoms with E-state index < -0.39 is 0 Å². The molecule has 128 valence electrons. The highest BCUT2D eigenvalue weighted by atomic mass is 32.2. The van der Waals surface area contributed by atoms with Gasteiger partial charge in [0.2, 0.25) is 0 Å². The van der Waals surface area contributed by atoms with Crippen molar-refractivity contribution in [2.45, 2.75) is 18.4 Å². The average Bonchev–Trinajstić information content (AvgIpc) is 3.12. The first-order chi connectivity index (χ1) is 12.1. The summed E-state index contributed by atoms with van der Waals surface area (Å²) in [5.41, 5.74) is 2.38. The number of hydrogen-bond acceptors (Lipinski definition) is 4. The molecule has 1 aromatic heterocycles. The van der Waals surface area contributed by atoms with Gasteiger partial charge in [-0.2, -0.15) is 0 Å². The minimum Gasteiger partial charge on any atom is -0.347 e. The Morgan fingerprint density at radius 2 is 2.00 bits per heavy atom. The number of rotatable bonds is 5. The smallest absolute Gasteiger partial charge is 0.273 e. The van der Waals surface area contributed by atoms with Crippen LogP contribution in [0.25, 0.3) is 5.69 Å². The van der Waals surface area contributed by atoms with E-state index in [1.807, 2.05) is 30.5 Å². The number of nitrogens with zero attached hydrogens (tertiary/aromatic N) is 3. The van der Waals surface area contributed by atoms with Crippen molar-refractivity contribution < 1.29 is 9.18 Å². The highest BCUT2D eigenvalue weighted by Crippen LogP contribution is 2.15. The molecule has 0 aliphatic carbocycles. The highest BCUT2D eigenvalue weighted by Gasteiger charge is 2.12. The molecule has 0 atom stereocenters. The lowest BCUT2D eigenvalue weighted by Gasteiger charge is -2.04. The topological polar surface area (TPSA) is 59.8 Å². The number of amides is 1. The van der Waals surface area contributed by atoms with Gasteiger partial charge in [0, 0.05) is 11.4 Å². The van der Waals surface area contributed by atoms with E-state index in [1.54, 1.807) is 30.8 Å². The summed E-state index contributed by atoms with van der Waals surface area (Å²) in [6.07, 6.45) is 3.54. The van der Waals surface area contributed by atoms with Crippen LogP contribution in [0.3, 0.4) is 0 Å². The van der Waals surface area contributed by atoms with Gasteiger partial charge in [0.25, 0.3) is 5.91 Å². The second-order valence-corrected chi connectivity index (χ2v) is 6.39. The van der Waals surface area contributed by atoms with E-state index in [0.717, 1.165) is 5.56 Å². The fourth-order valence-corrected chi connectivity index (χ4v) is 2.69. The molecule has 7 heteroatoms. The molecule has 0 aliphatic heterocycles. The Balaban J connectivity index is 1.66. The quantitative estimate of drug-likeness (QED) is 0.712. The van der Waals surface area contributed by atoms with Gasteiger partial charge < -0.3 is 5.32 Å². The molecule has 0 radical (unpaired) electrons. The van der Waals surface area contributed by atoms with Gasteiger partial charge in [-0.05, 0) is 54.6 Å². The predicted molar refractivity (Wildman–Crippen MR) is 95.4 cm³/mol. The third kappa shape index (κ3) is 4.06. The van der Waals surface area contributed by atoms with E-state index >= 15 is 0 Å². The Hall–Kier alpha value is -2.67. The van der Waals surface area contributed by atoms with Crippen LogP contribution in [0, 0.1) is 12.7 Å². The van der Waals surface area contributed by atoms with Crippen LogP contribution in [0.1, 0.15) is 21.6 Å². The Morgan fingerprint density at radius 3 is 2.68 bits per heavy atom. The molecule has 0 saturated heterocycles. The van der Waals surface area contributed by atoms with Crippen molar-refractivity contribution in [2.24, 2.45) is 0 Å². The molecule has 0 saturated carbocycles. The second-order valence-electron chi connectivity index (χ2n) is 5.51. The Morgan fingerprint density at radius 1 is 1.24 bits per heavy atom. The zero-order valence-electron chi connectivity index (χ0n) is 13.9. The lowest BCUT2D eigenvalue weighted by Crippen LogP contribution is -2.23. The molecular formula is C18H17FN4OS. The van der Waals surface area contributed by atoms with E-state index in [2.05, 4.69) is 15.6 Å². The van der Waals surface area contributed by atoms with Crippen molar-refractivity contribution in [3.63, 3.8) is 0 Å². The third-order valence-corrected chi connectivity index (χ3v) is 4.49. The van der Waals surface area contributed by atoms with Crippen LogP contribution < -0.4 is 5.32 Å². The van der Waals surface area contributed by atoms with E-state index in [0.29, 0.717) is 17.8 Å². The van der Waals surface area contributed by atoms with Crippen LogP contribution >= 0.6 is 11.8 Å². The van der Waals surface area contributed by atoms with Gasteiger partial charge in [-0.1, -0.05) is 17.3 Å². The molecule has 5 nitrogen and oxygen atoms in total. The fraction of sp³-hybridized carbons (Fsp3) is 0.167. The Kier molecular flexibility index (Phi) is 5.14. The molecule has 0 bridgehead atoms. The first-order valence-electron chi connectivity index (χ1n) is 7.67. The fourth-order valence-electron chi connectivity index (χ4n) is 2.28. The number of hydrogen-bond donors (Lipinski definition) is 1. The summed E-state index contributed by atoms with van der Waals surface area (Å²) in [4.78, 5) is 13.4. The van der Waals surface area contributed by atoms with Crippen molar-refractivity contribution in [3.05, 3.63) is 71.3 Å². The Labute approximate surface area is 149 Å². The highest BCUT2D eigenvalue weighted by molar-refractivity contribution is 7.98. The van der Waals surface area contributed by atoms with Crippen molar-refractivity contribution >= 4 is 17.7 Å². The first kappa shape index (κ1) is 17.2. The SMILES string of the molecule is CSc1ccc(CNC(=O)c2cn(-c3ccc(F)c(C)c3)nn2)cc1. The van der Waals surface area contributed by atoms with Gasteiger partial charge in [0.05, 0.1) is 11.9 Å². The van der Waals surface area contributed by atoms with Crippen LogP contribution in [0.5, 0.6) is 0 Å². The molecule has 0 unspecified atom stereocenters. The molecule has 0 spiro atoms.